The normalized spacial score (nSPS) is 14.0. The van der Waals surface area contributed by atoms with Crippen molar-refractivity contribution < 1.29 is 9.13 Å². The van der Waals surface area contributed by atoms with E-state index in [1.54, 1.807) is 17.8 Å². The van der Waals surface area contributed by atoms with E-state index in [2.05, 4.69) is 15.6 Å². The molecular formula is C19H31FIN3OS. The molecular weight excluding hydrogens is 464 g/mol. The van der Waals surface area contributed by atoms with Gasteiger partial charge in [0.2, 0.25) is 0 Å². The Labute approximate surface area is 178 Å². The van der Waals surface area contributed by atoms with E-state index in [-0.39, 0.29) is 29.8 Å². The number of nitrogens with one attached hydrogen (secondary N) is 2. The van der Waals surface area contributed by atoms with Gasteiger partial charge in [-0.1, -0.05) is 6.07 Å². The monoisotopic (exact) mass is 495 g/mol. The first-order valence-electron chi connectivity index (χ1n) is 9.09. The lowest BCUT2D eigenvalue weighted by Crippen LogP contribution is -2.38. The maximum atomic E-state index is 13.4. The highest BCUT2D eigenvalue weighted by Crippen LogP contribution is 2.28. The van der Waals surface area contributed by atoms with E-state index in [1.165, 1.54) is 18.9 Å². The second-order valence-corrected chi connectivity index (χ2v) is 7.21. The van der Waals surface area contributed by atoms with Crippen LogP contribution in [-0.4, -0.2) is 38.5 Å². The van der Waals surface area contributed by atoms with Gasteiger partial charge >= 0.3 is 0 Å². The van der Waals surface area contributed by atoms with Crippen LogP contribution in [0.15, 0.2) is 23.2 Å². The van der Waals surface area contributed by atoms with Gasteiger partial charge in [-0.05, 0) is 61.6 Å². The fraction of sp³-hybridized carbons (Fsp3) is 0.632. The molecule has 0 aliphatic heterocycles. The summed E-state index contributed by atoms with van der Waals surface area (Å²) in [4.78, 5) is 4.63. The first kappa shape index (κ1) is 23.5. The van der Waals surface area contributed by atoms with Crippen molar-refractivity contribution in [2.45, 2.75) is 38.5 Å². The third kappa shape index (κ3) is 9.41. The van der Waals surface area contributed by atoms with Crippen LogP contribution < -0.4 is 10.6 Å². The van der Waals surface area contributed by atoms with Gasteiger partial charge < -0.3 is 15.4 Å². The highest BCUT2D eigenvalue weighted by atomic mass is 127. The molecule has 1 fully saturated rings. The molecule has 0 unspecified atom stereocenters. The lowest BCUT2D eigenvalue weighted by Gasteiger charge is -2.12. The summed E-state index contributed by atoms with van der Waals surface area (Å²) in [5.74, 6) is 2.22. The Hall–Kier alpha value is -0.540. The summed E-state index contributed by atoms with van der Waals surface area (Å²) in [5, 5.41) is 6.59. The predicted octanol–water partition coefficient (Wildman–Crippen LogP) is 4.18. The standard InChI is InChI=1S/C19H30FN3OS.HI/c1-3-21-19(22-9-4-10-24-13-15-5-6-15)23-12-16-7-8-18(20)11-17(16)14-25-2;/h7-8,11,15H,3-6,9-10,12-14H2,1-2H3,(H2,21,22,23);1H. The number of rotatable bonds is 11. The minimum Gasteiger partial charge on any atom is -0.381 e. The minimum atomic E-state index is -0.187. The summed E-state index contributed by atoms with van der Waals surface area (Å²) in [6, 6.07) is 4.95. The van der Waals surface area contributed by atoms with Crippen LogP contribution >= 0.6 is 35.7 Å². The topological polar surface area (TPSA) is 45.7 Å². The average molecular weight is 495 g/mol. The average Bonchev–Trinajstić information content (AvgIpc) is 3.41. The molecule has 0 saturated heterocycles. The molecule has 2 N–H and O–H groups in total. The number of ether oxygens (including phenoxy) is 1. The van der Waals surface area contributed by atoms with Crippen LogP contribution in [0.4, 0.5) is 4.39 Å². The SMILES string of the molecule is CCNC(=NCc1ccc(F)cc1CSC)NCCCOCC1CC1.I. The van der Waals surface area contributed by atoms with E-state index in [9.17, 15) is 4.39 Å². The fourth-order valence-electron chi connectivity index (χ4n) is 2.46. The second kappa shape index (κ2) is 13.6. The van der Waals surface area contributed by atoms with Crippen molar-refractivity contribution in [3.8, 4) is 0 Å². The van der Waals surface area contributed by atoms with Gasteiger partial charge in [-0.15, -0.1) is 24.0 Å². The summed E-state index contributed by atoms with van der Waals surface area (Å²) in [5.41, 5.74) is 2.08. The zero-order chi connectivity index (χ0) is 17.9. The molecule has 26 heavy (non-hydrogen) atoms. The van der Waals surface area contributed by atoms with Crippen molar-refractivity contribution in [2.24, 2.45) is 10.9 Å². The molecule has 1 aromatic carbocycles. The molecule has 0 amide bonds. The largest absolute Gasteiger partial charge is 0.381 e. The molecule has 0 spiro atoms. The fourth-order valence-corrected chi connectivity index (χ4v) is 3.04. The smallest absolute Gasteiger partial charge is 0.191 e. The molecule has 0 atom stereocenters. The van der Waals surface area contributed by atoms with E-state index in [0.29, 0.717) is 6.54 Å². The Morgan fingerprint density at radius 2 is 2.12 bits per heavy atom. The maximum Gasteiger partial charge on any atom is 0.191 e. The number of nitrogens with zero attached hydrogens (tertiary/aromatic N) is 1. The Morgan fingerprint density at radius 3 is 2.81 bits per heavy atom. The van der Waals surface area contributed by atoms with Gasteiger partial charge in [0.05, 0.1) is 6.54 Å². The summed E-state index contributed by atoms with van der Waals surface area (Å²) in [7, 11) is 0. The summed E-state index contributed by atoms with van der Waals surface area (Å²) in [6.45, 7) is 5.94. The predicted molar refractivity (Wildman–Crippen MR) is 120 cm³/mol. The summed E-state index contributed by atoms with van der Waals surface area (Å²) >= 11 is 1.69. The minimum absolute atomic E-state index is 0. The molecule has 0 bridgehead atoms. The van der Waals surface area contributed by atoms with Crippen LogP contribution in [-0.2, 0) is 17.0 Å². The van der Waals surface area contributed by atoms with Crippen LogP contribution in [0.5, 0.6) is 0 Å². The van der Waals surface area contributed by atoms with Crippen LogP contribution in [0.3, 0.4) is 0 Å². The maximum absolute atomic E-state index is 13.4. The number of guanidine groups is 1. The van der Waals surface area contributed by atoms with Crippen molar-refractivity contribution in [3.63, 3.8) is 0 Å². The van der Waals surface area contributed by atoms with Gasteiger partial charge in [-0.25, -0.2) is 9.38 Å². The number of aliphatic imine (C=N–C) groups is 1. The van der Waals surface area contributed by atoms with E-state index < -0.39 is 0 Å². The lowest BCUT2D eigenvalue weighted by molar-refractivity contribution is 0.123. The van der Waals surface area contributed by atoms with Crippen LogP contribution in [0.2, 0.25) is 0 Å². The molecule has 7 heteroatoms. The van der Waals surface area contributed by atoms with E-state index in [1.807, 2.05) is 19.2 Å². The molecule has 1 aliphatic rings. The molecule has 0 aromatic heterocycles. The number of thioether (sulfide) groups is 1. The van der Waals surface area contributed by atoms with Gasteiger partial charge in [-0.3, -0.25) is 0 Å². The first-order valence-corrected chi connectivity index (χ1v) is 10.5. The van der Waals surface area contributed by atoms with Gasteiger partial charge in [-0.2, -0.15) is 11.8 Å². The Bertz CT molecular complexity index is 556. The molecule has 0 radical (unpaired) electrons. The summed E-state index contributed by atoms with van der Waals surface area (Å²) in [6.07, 6.45) is 5.65. The molecule has 0 heterocycles. The quantitative estimate of drug-likeness (QED) is 0.209. The molecule has 1 aliphatic carbocycles. The first-order chi connectivity index (χ1) is 12.2. The highest BCUT2D eigenvalue weighted by Gasteiger charge is 2.20. The highest BCUT2D eigenvalue weighted by molar-refractivity contribution is 14.0. The Morgan fingerprint density at radius 1 is 1.31 bits per heavy atom. The van der Waals surface area contributed by atoms with Gasteiger partial charge in [0.1, 0.15) is 5.82 Å². The third-order valence-corrected chi connectivity index (χ3v) is 4.63. The van der Waals surface area contributed by atoms with Crippen molar-refractivity contribution in [1.29, 1.82) is 0 Å². The molecule has 4 nitrogen and oxygen atoms in total. The number of hydrogen-bond donors (Lipinski definition) is 2. The van der Waals surface area contributed by atoms with E-state index >= 15 is 0 Å². The second-order valence-electron chi connectivity index (χ2n) is 6.34. The van der Waals surface area contributed by atoms with Gasteiger partial charge in [0, 0.05) is 32.1 Å². The van der Waals surface area contributed by atoms with Crippen molar-refractivity contribution in [2.75, 3.05) is 32.6 Å². The van der Waals surface area contributed by atoms with Gasteiger partial charge in [0.15, 0.2) is 5.96 Å². The third-order valence-electron chi connectivity index (χ3n) is 4.03. The number of benzene rings is 1. The molecule has 1 aromatic rings. The molecule has 148 valence electrons. The Balaban J connectivity index is 0.00000338. The van der Waals surface area contributed by atoms with Crippen molar-refractivity contribution >= 4 is 41.7 Å². The lowest BCUT2D eigenvalue weighted by atomic mass is 10.1. The zero-order valence-corrected chi connectivity index (χ0v) is 18.9. The van der Waals surface area contributed by atoms with Crippen LogP contribution in [0.25, 0.3) is 0 Å². The van der Waals surface area contributed by atoms with E-state index in [0.717, 1.165) is 61.5 Å². The van der Waals surface area contributed by atoms with E-state index in [4.69, 9.17) is 4.74 Å². The molecule has 1 saturated carbocycles. The Kier molecular flexibility index (Phi) is 12.3. The van der Waals surface area contributed by atoms with Gasteiger partial charge in [0.25, 0.3) is 0 Å². The zero-order valence-electron chi connectivity index (χ0n) is 15.7. The number of hydrogen-bond acceptors (Lipinski definition) is 3. The van der Waals surface area contributed by atoms with Crippen molar-refractivity contribution in [3.05, 3.63) is 35.1 Å². The molecule has 2 rings (SSSR count). The van der Waals surface area contributed by atoms with Crippen LogP contribution in [0, 0.1) is 11.7 Å². The summed E-state index contributed by atoms with van der Waals surface area (Å²) < 4.78 is 19.1. The van der Waals surface area contributed by atoms with Crippen molar-refractivity contribution in [1.82, 2.24) is 10.6 Å². The van der Waals surface area contributed by atoms with Crippen LogP contribution in [0.1, 0.15) is 37.3 Å². The number of halogens is 2.